The minimum absolute atomic E-state index is 0.183. The fourth-order valence-electron chi connectivity index (χ4n) is 1.67. The first-order valence-electron chi connectivity index (χ1n) is 5.85. The zero-order valence-corrected chi connectivity index (χ0v) is 10.3. The van der Waals surface area contributed by atoms with Crippen molar-refractivity contribution >= 4 is 5.91 Å². The Bertz CT molecular complexity index is 387. The molecule has 0 aromatic carbocycles. The number of nitrogens with one attached hydrogen (secondary N) is 1. The van der Waals surface area contributed by atoms with Crippen LogP contribution in [0.3, 0.4) is 0 Å². The normalized spacial score (nSPS) is 10.9. The molecule has 0 aliphatic rings. The lowest BCUT2D eigenvalue weighted by atomic mass is 9.83. The fraction of sp³-hybridized carbons (Fsp3) is 0.583. The molecule has 1 amide bonds. The molecule has 1 aromatic heterocycles. The summed E-state index contributed by atoms with van der Waals surface area (Å²) < 4.78 is 1.74. The highest BCUT2D eigenvalue weighted by atomic mass is 16.2. The molecule has 1 aromatic rings. The first kappa shape index (κ1) is 13.2. The van der Waals surface area contributed by atoms with E-state index in [0.717, 1.165) is 0 Å². The highest BCUT2D eigenvalue weighted by Gasteiger charge is 2.34. The summed E-state index contributed by atoms with van der Waals surface area (Å²) >= 11 is 0. The first-order valence-corrected chi connectivity index (χ1v) is 5.85. The number of hydrogen-bond acceptors (Lipinski definition) is 3. The molecular formula is C12H18N4O. The van der Waals surface area contributed by atoms with E-state index in [9.17, 15) is 4.79 Å². The molecule has 0 atom stereocenters. The van der Waals surface area contributed by atoms with Crippen LogP contribution in [-0.4, -0.2) is 22.2 Å². The van der Waals surface area contributed by atoms with Crippen molar-refractivity contribution in [1.29, 1.82) is 5.26 Å². The van der Waals surface area contributed by atoms with Gasteiger partial charge in [-0.1, -0.05) is 13.8 Å². The van der Waals surface area contributed by atoms with Crippen LogP contribution in [0.5, 0.6) is 0 Å². The van der Waals surface area contributed by atoms with E-state index in [2.05, 4.69) is 16.5 Å². The van der Waals surface area contributed by atoms with E-state index in [-0.39, 0.29) is 5.91 Å². The Morgan fingerprint density at radius 2 is 2.24 bits per heavy atom. The molecule has 0 aliphatic heterocycles. The van der Waals surface area contributed by atoms with E-state index in [1.165, 1.54) is 0 Å². The van der Waals surface area contributed by atoms with Crippen LogP contribution in [0.1, 0.15) is 26.7 Å². The van der Waals surface area contributed by atoms with Crippen LogP contribution in [0.4, 0.5) is 0 Å². The number of nitrogens with zero attached hydrogens (tertiary/aromatic N) is 3. The van der Waals surface area contributed by atoms with Crippen molar-refractivity contribution in [1.82, 2.24) is 15.1 Å². The van der Waals surface area contributed by atoms with Crippen molar-refractivity contribution in [3.8, 4) is 6.07 Å². The van der Waals surface area contributed by atoms with Crippen molar-refractivity contribution in [2.75, 3.05) is 6.54 Å². The van der Waals surface area contributed by atoms with Crippen LogP contribution < -0.4 is 5.32 Å². The number of amides is 1. The quantitative estimate of drug-likeness (QED) is 0.807. The highest BCUT2D eigenvalue weighted by Crippen LogP contribution is 2.25. The third kappa shape index (κ3) is 3.06. The van der Waals surface area contributed by atoms with E-state index in [1.54, 1.807) is 10.9 Å². The van der Waals surface area contributed by atoms with E-state index >= 15 is 0 Å². The number of aromatic nitrogens is 2. The summed E-state index contributed by atoms with van der Waals surface area (Å²) in [6.07, 6.45) is 4.60. The second-order valence-corrected chi connectivity index (χ2v) is 3.93. The van der Waals surface area contributed by atoms with E-state index in [0.29, 0.717) is 25.9 Å². The fourth-order valence-corrected chi connectivity index (χ4v) is 1.67. The minimum Gasteiger partial charge on any atom is -0.353 e. The van der Waals surface area contributed by atoms with Crippen LogP contribution in [0.15, 0.2) is 18.5 Å². The molecule has 0 saturated heterocycles. The van der Waals surface area contributed by atoms with Gasteiger partial charge in [-0.15, -0.1) is 0 Å². The molecule has 5 heteroatoms. The largest absolute Gasteiger partial charge is 0.353 e. The molecule has 0 saturated carbocycles. The lowest BCUT2D eigenvalue weighted by Gasteiger charge is -2.22. The van der Waals surface area contributed by atoms with Gasteiger partial charge in [0.15, 0.2) is 0 Å². The predicted octanol–water partition coefficient (Wildman–Crippen LogP) is 1.33. The Balaban J connectivity index is 2.46. The molecule has 0 aliphatic carbocycles. The average Bonchev–Trinajstić information content (AvgIpc) is 2.85. The van der Waals surface area contributed by atoms with Crippen LogP contribution in [-0.2, 0) is 11.3 Å². The molecule has 1 N–H and O–H groups in total. The van der Waals surface area contributed by atoms with Gasteiger partial charge in [0.1, 0.15) is 5.41 Å². The maximum atomic E-state index is 11.9. The van der Waals surface area contributed by atoms with Gasteiger partial charge >= 0.3 is 0 Å². The van der Waals surface area contributed by atoms with Crippen LogP contribution in [0, 0.1) is 16.7 Å². The van der Waals surface area contributed by atoms with E-state index < -0.39 is 5.41 Å². The summed E-state index contributed by atoms with van der Waals surface area (Å²) in [5.41, 5.74) is -0.885. The Hall–Kier alpha value is -1.83. The van der Waals surface area contributed by atoms with E-state index in [4.69, 9.17) is 5.26 Å². The third-order valence-electron chi connectivity index (χ3n) is 3.04. The summed E-state index contributed by atoms with van der Waals surface area (Å²) in [6.45, 7) is 4.83. The molecule has 0 unspecified atom stereocenters. The highest BCUT2D eigenvalue weighted by molar-refractivity contribution is 5.85. The SMILES string of the molecule is CCC(C#N)(CC)C(=O)NCCn1cccn1. The van der Waals surface area contributed by atoms with Gasteiger partial charge in [-0.25, -0.2) is 0 Å². The van der Waals surface area contributed by atoms with Crippen molar-refractivity contribution in [2.45, 2.75) is 33.2 Å². The monoisotopic (exact) mass is 234 g/mol. The summed E-state index contributed by atoms with van der Waals surface area (Å²) in [4.78, 5) is 11.9. The molecule has 0 spiro atoms. The van der Waals surface area contributed by atoms with Crippen molar-refractivity contribution in [2.24, 2.45) is 5.41 Å². The lowest BCUT2D eigenvalue weighted by molar-refractivity contribution is -0.128. The van der Waals surface area contributed by atoms with Crippen LogP contribution in [0.2, 0.25) is 0 Å². The maximum Gasteiger partial charge on any atom is 0.240 e. The van der Waals surface area contributed by atoms with Crippen molar-refractivity contribution in [3.05, 3.63) is 18.5 Å². The minimum atomic E-state index is -0.885. The van der Waals surface area contributed by atoms with Gasteiger partial charge in [-0.05, 0) is 18.9 Å². The maximum absolute atomic E-state index is 11.9. The number of carbonyl (C=O) groups is 1. The average molecular weight is 234 g/mol. The topological polar surface area (TPSA) is 70.7 Å². The molecule has 92 valence electrons. The summed E-state index contributed by atoms with van der Waals surface area (Å²) in [7, 11) is 0. The van der Waals surface area contributed by atoms with Crippen molar-refractivity contribution in [3.63, 3.8) is 0 Å². The molecule has 0 fully saturated rings. The van der Waals surface area contributed by atoms with Gasteiger partial charge in [-0.3, -0.25) is 9.48 Å². The Morgan fingerprint density at radius 3 is 2.71 bits per heavy atom. The van der Waals surface area contributed by atoms with Crippen LogP contribution >= 0.6 is 0 Å². The summed E-state index contributed by atoms with van der Waals surface area (Å²) in [5, 5.41) is 15.9. The molecule has 1 heterocycles. The number of hydrogen-bond donors (Lipinski definition) is 1. The van der Waals surface area contributed by atoms with Gasteiger partial charge in [0.25, 0.3) is 0 Å². The molecule has 17 heavy (non-hydrogen) atoms. The molecule has 1 rings (SSSR count). The Labute approximate surface area is 101 Å². The Kier molecular flexibility index (Phi) is 4.70. The zero-order valence-electron chi connectivity index (χ0n) is 10.3. The second kappa shape index (κ2) is 6.04. The smallest absolute Gasteiger partial charge is 0.240 e. The van der Waals surface area contributed by atoms with Gasteiger partial charge < -0.3 is 5.32 Å². The van der Waals surface area contributed by atoms with Gasteiger partial charge in [-0.2, -0.15) is 10.4 Å². The number of carbonyl (C=O) groups excluding carboxylic acids is 1. The molecule has 0 radical (unpaired) electrons. The second-order valence-electron chi connectivity index (χ2n) is 3.93. The summed E-state index contributed by atoms with van der Waals surface area (Å²) in [6, 6.07) is 3.96. The van der Waals surface area contributed by atoms with Gasteiger partial charge in [0.2, 0.25) is 5.91 Å². The zero-order chi connectivity index (χ0) is 12.7. The molecule has 5 nitrogen and oxygen atoms in total. The molecule has 0 bridgehead atoms. The Morgan fingerprint density at radius 1 is 1.53 bits per heavy atom. The number of rotatable bonds is 6. The van der Waals surface area contributed by atoms with E-state index in [1.807, 2.05) is 26.1 Å². The van der Waals surface area contributed by atoms with Gasteiger partial charge in [0, 0.05) is 18.9 Å². The number of nitriles is 1. The van der Waals surface area contributed by atoms with Crippen molar-refractivity contribution < 1.29 is 4.79 Å². The lowest BCUT2D eigenvalue weighted by Crippen LogP contribution is -2.40. The third-order valence-corrected chi connectivity index (χ3v) is 3.04. The summed E-state index contributed by atoms with van der Waals surface area (Å²) in [5.74, 6) is -0.183. The first-order chi connectivity index (χ1) is 8.18. The predicted molar refractivity (Wildman–Crippen MR) is 63.9 cm³/mol. The van der Waals surface area contributed by atoms with Gasteiger partial charge in [0.05, 0.1) is 12.6 Å². The molecular weight excluding hydrogens is 216 g/mol. The van der Waals surface area contributed by atoms with Crippen LogP contribution in [0.25, 0.3) is 0 Å². The standard InChI is InChI=1S/C12H18N4O/c1-3-12(4-2,10-13)11(17)14-7-9-16-8-5-6-15-16/h5-6,8H,3-4,7,9H2,1-2H3,(H,14,17).